The number of carbonyl (C=O) groups is 1. The Morgan fingerprint density at radius 3 is 1.73 bits per heavy atom. The van der Waals surface area contributed by atoms with Gasteiger partial charge in [0.05, 0.1) is 19.8 Å². The molecule has 1 atom stereocenters. The fraction of sp³-hybridized carbons (Fsp3) is 0.458. The molecule has 0 heterocycles. The summed E-state index contributed by atoms with van der Waals surface area (Å²) in [5.41, 5.74) is -1.01. The van der Waals surface area contributed by atoms with Crippen LogP contribution in [-0.4, -0.2) is 40.0 Å². The van der Waals surface area contributed by atoms with Crippen LogP contribution in [0.15, 0.2) is 60.7 Å². The fourth-order valence-electron chi connectivity index (χ4n) is 2.91. The Balaban J connectivity index is 2.19. The van der Waals surface area contributed by atoms with Gasteiger partial charge in [-0.25, -0.2) is 13.8 Å². The third-order valence-electron chi connectivity index (χ3n) is 4.95. The topological polar surface area (TPSA) is 85.3 Å². The average Bonchev–Trinajstić information content (AvgIpc) is 2.74. The highest BCUT2D eigenvalue weighted by molar-refractivity contribution is 7.48. The summed E-state index contributed by atoms with van der Waals surface area (Å²) in [5.74, 6) is 0. The van der Waals surface area contributed by atoms with Gasteiger partial charge in [-0.1, -0.05) is 60.7 Å². The molecule has 2 aromatic rings. The van der Waals surface area contributed by atoms with Crippen LogP contribution in [0, 0.1) is 0 Å². The Bertz CT molecular complexity index is 885. The van der Waals surface area contributed by atoms with Gasteiger partial charge in [0, 0.05) is 5.54 Å². The Kier molecular flexibility index (Phi) is 9.20. The molecule has 0 aliphatic carbocycles. The number of nitrogens with zero attached hydrogens (tertiary/aromatic N) is 1. The first-order valence-corrected chi connectivity index (χ1v) is 12.1. The van der Waals surface area contributed by atoms with Crippen LogP contribution in [0.3, 0.4) is 0 Å². The second-order valence-electron chi connectivity index (χ2n) is 9.19. The lowest BCUT2D eigenvalue weighted by molar-refractivity contribution is -0.0386. The number of hydrogen-bond donors (Lipinski definition) is 1. The molecule has 0 radical (unpaired) electrons. The molecule has 1 amide bonds. The summed E-state index contributed by atoms with van der Waals surface area (Å²) < 4.78 is 45.6. The molecule has 0 saturated carbocycles. The maximum Gasteiger partial charge on any atom is 0.476 e. The summed E-state index contributed by atoms with van der Waals surface area (Å²) in [6.45, 7) is 7.18. The molecule has 182 valence electrons. The highest BCUT2D eigenvalue weighted by Gasteiger charge is 2.43. The number of benzene rings is 2. The third-order valence-corrected chi connectivity index (χ3v) is 6.53. The lowest BCUT2D eigenvalue weighted by Crippen LogP contribution is -2.52. The van der Waals surface area contributed by atoms with E-state index >= 15 is 4.39 Å². The Hall–Kier alpha value is -2.25. The average molecular weight is 482 g/mol. The van der Waals surface area contributed by atoms with Gasteiger partial charge in [0.25, 0.3) is 0 Å². The summed E-state index contributed by atoms with van der Waals surface area (Å²) >= 11 is 0. The van der Waals surface area contributed by atoms with E-state index in [2.05, 4.69) is 0 Å². The van der Waals surface area contributed by atoms with Crippen molar-refractivity contribution in [3.63, 3.8) is 0 Å². The van der Waals surface area contributed by atoms with Crippen molar-refractivity contribution in [3.8, 4) is 0 Å². The first-order chi connectivity index (χ1) is 15.3. The van der Waals surface area contributed by atoms with Gasteiger partial charge in [0.15, 0.2) is 0 Å². The number of carboxylic acid groups (broad SMARTS) is 1. The molecule has 2 aromatic carbocycles. The Labute approximate surface area is 195 Å². The molecule has 0 fully saturated rings. The summed E-state index contributed by atoms with van der Waals surface area (Å²) in [5, 5.41) is 9.49. The zero-order valence-electron chi connectivity index (χ0n) is 19.7. The van der Waals surface area contributed by atoms with Crippen molar-refractivity contribution in [2.24, 2.45) is 0 Å². The van der Waals surface area contributed by atoms with Crippen molar-refractivity contribution in [3.05, 3.63) is 71.8 Å². The van der Waals surface area contributed by atoms with E-state index in [9.17, 15) is 14.5 Å². The minimum atomic E-state index is -4.24. The molecule has 1 N–H and O–H groups in total. The minimum absolute atomic E-state index is 0.0663. The maximum absolute atomic E-state index is 15.3. The molecular weight excluding hydrogens is 448 g/mol. The number of rotatable bonds is 11. The Morgan fingerprint density at radius 1 is 0.939 bits per heavy atom. The van der Waals surface area contributed by atoms with Gasteiger partial charge < -0.3 is 10.0 Å². The van der Waals surface area contributed by atoms with Gasteiger partial charge in [0.1, 0.15) is 11.8 Å². The van der Waals surface area contributed by atoms with Crippen LogP contribution in [0.1, 0.15) is 45.7 Å². The highest BCUT2D eigenvalue weighted by atomic mass is 31.2. The van der Waals surface area contributed by atoms with E-state index in [1.807, 2.05) is 36.4 Å². The molecule has 0 aliphatic heterocycles. The van der Waals surface area contributed by atoms with Crippen molar-refractivity contribution in [1.29, 1.82) is 0 Å². The molecule has 7 nitrogen and oxygen atoms in total. The van der Waals surface area contributed by atoms with Crippen LogP contribution >= 0.6 is 7.82 Å². The smallest absolute Gasteiger partial charge is 0.465 e. The largest absolute Gasteiger partial charge is 0.476 e. The van der Waals surface area contributed by atoms with Gasteiger partial charge >= 0.3 is 13.9 Å². The van der Waals surface area contributed by atoms with E-state index in [1.165, 1.54) is 13.8 Å². The van der Waals surface area contributed by atoms with Crippen LogP contribution < -0.4 is 0 Å². The molecular formula is C24H33FNO6P. The van der Waals surface area contributed by atoms with E-state index in [4.69, 9.17) is 13.6 Å². The molecule has 0 aliphatic rings. The molecule has 0 bridgehead atoms. The van der Waals surface area contributed by atoms with E-state index in [0.29, 0.717) is 0 Å². The molecule has 33 heavy (non-hydrogen) atoms. The normalized spacial score (nSPS) is 13.5. The summed E-state index contributed by atoms with van der Waals surface area (Å²) in [6, 6.07) is 18.1. The second kappa shape index (κ2) is 11.3. The summed E-state index contributed by atoms with van der Waals surface area (Å²) in [6.07, 6.45) is -3.06. The van der Waals surface area contributed by atoms with Crippen molar-refractivity contribution in [1.82, 2.24) is 4.90 Å². The molecule has 0 saturated heterocycles. The number of alkyl halides is 1. The molecule has 2 rings (SSSR count). The standard InChI is InChI=1S/C24H33FNO6P/c1-23(2,3)26(22(27)28)16-21(25)24(4,5)32-33(29,30-17-19-12-8-6-9-13-19)31-18-20-14-10-7-11-15-20/h6-15,21H,16-18H2,1-5H3,(H,27,28)/t21-/m1/s1. The molecule has 0 unspecified atom stereocenters. The van der Waals surface area contributed by atoms with Crippen molar-refractivity contribution >= 4 is 13.9 Å². The first kappa shape index (κ1) is 27.0. The van der Waals surface area contributed by atoms with Gasteiger partial charge in [0.2, 0.25) is 0 Å². The lowest BCUT2D eigenvalue weighted by atomic mass is 10.00. The van der Waals surface area contributed by atoms with Crippen LogP contribution in [0.25, 0.3) is 0 Å². The van der Waals surface area contributed by atoms with Crippen molar-refractivity contribution < 1.29 is 32.4 Å². The van der Waals surface area contributed by atoms with E-state index < -0.39 is 37.8 Å². The van der Waals surface area contributed by atoms with Crippen molar-refractivity contribution in [2.45, 2.75) is 65.1 Å². The highest BCUT2D eigenvalue weighted by Crippen LogP contribution is 2.54. The maximum atomic E-state index is 15.3. The predicted octanol–water partition coefficient (Wildman–Crippen LogP) is 6.44. The minimum Gasteiger partial charge on any atom is -0.465 e. The van der Waals surface area contributed by atoms with Crippen molar-refractivity contribution in [2.75, 3.05) is 6.54 Å². The quantitative estimate of drug-likeness (QED) is 0.372. The van der Waals surface area contributed by atoms with Gasteiger partial charge in [-0.15, -0.1) is 0 Å². The number of halogens is 1. The number of hydrogen-bond acceptors (Lipinski definition) is 5. The van der Waals surface area contributed by atoms with Gasteiger partial charge in [-0.2, -0.15) is 0 Å². The van der Waals surface area contributed by atoms with Crippen LogP contribution in [-0.2, 0) is 31.4 Å². The number of amides is 1. The van der Waals surface area contributed by atoms with E-state index in [1.54, 1.807) is 45.0 Å². The first-order valence-electron chi connectivity index (χ1n) is 10.6. The second-order valence-corrected chi connectivity index (χ2v) is 10.8. The molecule has 9 heteroatoms. The monoisotopic (exact) mass is 481 g/mol. The summed E-state index contributed by atoms with van der Waals surface area (Å²) in [4.78, 5) is 12.6. The van der Waals surface area contributed by atoms with Crippen LogP contribution in [0.5, 0.6) is 0 Å². The van der Waals surface area contributed by atoms with Crippen LogP contribution in [0.4, 0.5) is 9.18 Å². The Morgan fingerprint density at radius 2 is 1.36 bits per heavy atom. The molecule has 0 spiro atoms. The SMILES string of the molecule is CC(C)(OP(=O)(OCc1ccccc1)OCc1ccccc1)[C@H](F)CN(C(=O)O)C(C)(C)C. The predicted molar refractivity (Wildman–Crippen MR) is 125 cm³/mol. The lowest BCUT2D eigenvalue weighted by Gasteiger charge is -2.38. The van der Waals surface area contributed by atoms with E-state index in [-0.39, 0.29) is 13.2 Å². The third kappa shape index (κ3) is 8.55. The zero-order valence-corrected chi connectivity index (χ0v) is 20.6. The van der Waals surface area contributed by atoms with Crippen LogP contribution in [0.2, 0.25) is 0 Å². The number of phosphoric acid groups is 1. The molecule has 0 aromatic heterocycles. The zero-order chi connectivity index (χ0) is 24.7. The fourth-order valence-corrected chi connectivity index (χ4v) is 4.39. The number of phosphoric ester groups is 1. The van der Waals surface area contributed by atoms with E-state index in [0.717, 1.165) is 16.0 Å². The van der Waals surface area contributed by atoms with Gasteiger partial charge in [-0.3, -0.25) is 13.6 Å². The van der Waals surface area contributed by atoms with Gasteiger partial charge in [-0.05, 0) is 45.7 Å². The summed E-state index contributed by atoms with van der Waals surface area (Å²) in [7, 11) is -4.24.